The molecule has 1 aliphatic rings. The van der Waals surface area contributed by atoms with Gasteiger partial charge in [-0.1, -0.05) is 18.2 Å². The number of nitrogens with one attached hydrogen (secondary N) is 1. The molecule has 0 bridgehead atoms. The van der Waals surface area contributed by atoms with E-state index in [4.69, 9.17) is 4.99 Å². The largest absolute Gasteiger partial charge is 0.356 e. The minimum absolute atomic E-state index is 0. The smallest absolute Gasteiger partial charge is 0.198 e. The molecule has 1 aliphatic heterocycles. The molecule has 0 radical (unpaired) electrons. The molecule has 0 amide bonds. The van der Waals surface area contributed by atoms with Crippen molar-refractivity contribution in [2.24, 2.45) is 4.99 Å². The molecular formula is C14H22IN3S. The molecular weight excluding hydrogens is 369 g/mol. The monoisotopic (exact) mass is 391 g/mol. The number of aliphatic imine (C=N–C) groups is 1. The Balaban J connectivity index is 0.00000180. The van der Waals surface area contributed by atoms with Crippen LogP contribution in [0.1, 0.15) is 12.5 Å². The number of hydrogen-bond acceptors (Lipinski definition) is 2. The maximum atomic E-state index is 4.69. The minimum Gasteiger partial charge on any atom is -0.356 e. The summed E-state index contributed by atoms with van der Waals surface area (Å²) >= 11 is 1.84. The maximum Gasteiger partial charge on any atom is 0.198 e. The summed E-state index contributed by atoms with van der Waals surface area (Å²) in [5.74, 6) is 2.10. The number of thioether (sulfide) groups is 1. The number of nitrogens with zero attached hydrogens (tertiary/aromatic N) is 2. The third-order valence-electron chi connectivity index (χ3n) is 3.03. The fourth-order valence-corrected chi connectivity index (χ4v) is 2.47. The molecule has 0 atom stereocenters. The minimum atomic E-state index is 0. The number of halogens is 1. The third kappa shape index (κ3) is 4.27. The van der Waals surface area contributed by atoms with Crippen LogP contribution < -0.4 is 10.2 Å². The number of benzene rings is 1. The maximum absolute atomic E-state index is 4.69. The second-order valence-corrected chi connectivity index (χ2v) is 5.24. The van der Waals surface area contributed by atoms with Crippen LogP contribution >= 0.6 is 35.7 Å². The van der Waals surface area contributed by atoms with Crippen molar-refractivity contribution in [1.29, 1.82) is 0 Å². The lowest BCUT2D eigenvalue weighted by Gasteiger charge is -2.22. The third-order valence-corrected chi connectivity index (χ3v) is 3.63. The van der Waals surface area contributed by atoms with E-state index in [0.29, 0.717) is 0 Å². The van der Waals surface area contributed by atoms with Crippen LogP contribution in [0.2, 0.25) is 0 Å². The molecule has 1 aromatic rings. The zero-order valence-corrected chi connectivity index (χ0v) is 14.7. The second kappa shape index (κ2) is 8.68. The predicted octanol–water partition coefficient (Wildman–Crippen LogP) is 3.00. The predicted molar refractivity (Wildman–Crippen MR) is 97.3 cm³/mol. The van der Waals surface area contributed by atoms with Gasteiger partial charge in [0.05, 0.1) is 6.54 Å². The SMILES string of the molecule is CCNC(=NCCSC)N1CCc2ccccc21.I. The lowest BCUT2D eigenvalue weighted by atomic mass is 10.2. The molecule has 0 unspecified atom stereocenters. The molecule has 2 rings (SSSR count). The highest BCUT2D eigenvalue weighted by Gasteiger charge is 2.21. The van der Waals surface area contributed by atoms with Crippen molar-refractivity contribution in [1.82, 2.24) is 5.32 Å². The summed E-state index contributed by atoms with van der Waals surface area (Å²) in [4.78, 5) is 7.00. The summed E-state index contributed by atoms with van der Waals surface area (Å²) in [5.41, 5.74) is 2.73. The Kier molecular flexibility index (Phi) is 7.60. The van der Waals surface area contributed by atoms with E-state index in [0.717, 1.165) is 37.8 Å². The van der Waals surface area contributed by atoms with Gasteiger partial charge in [0.1, 0.15) is 0 Å². The van der Waals surface area contributed by atoms with E-state index in [-0.39, 0.29) is 24.0 Å². The van der Waals surface area contributed by atoms with Crippen molar-refractivity contribution in [3.05, 3.63) is 29.8 Å². The number of hydrogen-bond donors (Lipinski definition) is 1. The summed E-state index contributed by atoms with van der Waals surface area (Å²) in [7, 11) is 0. The van der Waals surface area contributed by atoms with Crippen molar-refractivity contribution < 1.29 is 0 Å². The number of para-hydroxylation sites is 1. The molecule has 1 heterocycles. The first-order valence-electron chi connectivity index (χ1n) is 6.49. The fourth-order valence-electron chi connectivity index (χ4n) is 2.20. The normalized spacial score (nSPS) is 14.0. The van der Waals surface area contributed by atoms with E-state index in [9.17, 15) is 0 Å². The van der Waals surface area contributed by atoms with Crippen LogP contribution in [0.3, 0.4) is 0 Å². The van der Waals surface area contributed by atoms with Crippen LogP contribution in [0, 0.1) is 0 Å². The molecule has 0 saturated carbocycles. The Labute approximate surface area is 137 Å². The fraction of sp³-hybridized carbons (Fsp3) is 0.500. The van der Waals surface area contributed by atoms with Crippen molar-refractivity contribution in [3.63, 3.8) is 0 Å². The van der Waals surface area contributed by atoms with Crippen LogP contribution in [0.25, 0.3) is 0 Å². The average Bonchev–Trinajstić information content (AvgIpc) is 2.82. The first-order valence-corrected chi connectivity index (χ1v) is 7.89. The summed E-state index contributed by atoms with van der Waals surface area (Å²) < 4.78 is 0. The molecule has 1 N–H and O–H groups in total. The highest BCUT2D eigenvalue weighted by molar-refractivity contribution is 14.0. The van der Waals surface area contributed by atoms with Gasteiger partial charge >= 0.3 is 0 Å². The van der Waals surface area contributed by atoms with E-state index in [1.165, 1.54) is 11.3 Å². The van der Waals surface area contributed by atoms with Gasteiger partial charge in [-0.15, -0.1) is 24.0 Å². The van der Waals surface area contributed by atoms with Gasteiger partial charge < -0.3 is 10.2 Å². The lowest BCUT2D eigenvalue weighted by molar-refractivity contribution is 0.891. The standard InChI is InChI=1S/C14H21N3S.HI/c1-3-15-14(16-9-11-18-2)17-10-8-12-6-4-5-7-13(12)17;/h4-7H,3,8-11H2,1-2H3,(H,15,16);1H. The van der Waals surface area contributed by atoms with E-state index in [1.807, 2.05) is 11.8 Å². The van der Waals surface area contributed by atoms with Gasteiger partial charge in [-0.05, 0) is 31.2 Å². The molecule has 0 aromatic heterocycles. The first kappa shape index (κ1) is 16.6. The Morgan fingerprint density at radius 2 is 2.21 bits per heavy atom. The van der Waals surface area contributed by atoms with Gasteiger partial charge in [-0.2, -0.15) is 11.8 Å². The molecule has 106 valence electrons. The van der Waals surface area contributed by atoms with Gasteiger partial charge in [0.15, 0.2) is 5.96 Å². The Bertz CT molecular complexity index is 423. The molecule has 3 nitrogen and oxygen atoms in total. The van der Waals surface area contributed by atoms with Gasteiger partial charge in [0, 0.05) is 24.5 Å². The van der Waals surface area contributed by atoms with Crippen molar-refractivity contribution in [2.75, 3.05) is 36.5 Å². The molecule has 1 aromatic carbocycles. The summed E-state index contributed by atoms with van der Waals surface area (Å²) in [6.07, 6.45) is 3.23. The van der Waals surface area contributed by atoms with Gasteiger partial charge in [-0.25, -0.2) is 0 Å². The first-order chi connectivity index (χ1) is 8.86. The van der Waals surface area contributed by atoms with Crippen LogP contribution in [-0.4, -0.2) is 37.6 Å². The number of fused-ring (bicyclic) bond motifs is 1. The quantitative estimate of drug-likeness (QED) is 0.370. The Morgan fingerprint density at radius 1 is 1.42 bits per heavy atom. The number of rotatable bonds is 4. The summed E-state index contributed by atoms with van der Waals surface area (Å²) in [6, 6.07) is 8.60. The lowest BCUT2D eigenvalue weighted by Crippen LogP contribution is -2.40. The highest BCUT2D eigenvalue weighted by Crippen LogP contribution is 2.27. The molecule has 0 aliphatic carbocycles. The summed E-state index contributed by atoms with van der Waals surface area (Å²) in [6.45, 7) is 4.94. The Morgan fingerprint density at radius 3 is 2.95 bits per heavy atom. The average molecular weight is 391 g/mol. The molecule has 0 spiro atoms. The molecule has 0 saturated heterocycles. The van der Waals surface area contributed by atoms with Gasteiger partial charge in [0.2, 0.25) is 0 Å². The van der Waals surface area contributed by atoms with Crippen LogP contribution in [0.5, 0.6) is 0 Å². The molecule has 19 heavy (non-hydrogen) atoms. The van der Waals surface area contributed by atoms with Crippen LogP contribution in [0.4, 0.5) is 5.69 Å². The van der Waals surface area contributed by atoms with E-state index < -0.39 is 0 Å². The van der Waals surface area contributed by atoms with E-state index in [1.54, 1.807) is 0 Å². The van der Waals surface area contributed by atoms with Gasteiger partial charge in [-0.3, -0.25) is 4.99 Å². The Hall–Kier alpha value is -0.430. The van der Waals surface area contributed by atoms with E-state index in [2.05, 4.69) is 47.7 Å². The van der Waals surface area contributed by atoms with Crippen LogP contribution in [-0.2, 0) is 6.42 Å². The van der Waals surface area contributed by atoms with E-state index >= 15 is 0 Å². The van der Waals surface area contributed by atoms with Crippen LogP contribution in [0.15, 0.2) is 29.3 Å². The zero-order chi connectivity index (χ0) is 12.8. The van der Waals surface area contributed by atoms with Crippen molar-refractivity contribution in [2.45, 2.75) is 13.3 Å². The summed E-state index contributed by atoms with van der Waals surface area (Å²) in [5, 5.41) is 3.39. The van der Waals surface area contributed by atoms with Crippen molar-refractivity contribution >= 4 is 47.4 Å². The molecule has 0 fully saturated rings. The van der Waals surface area contributed by atoms with Crippen molar-refractivity contribution in [3.8, 4) is 0 Å². The second-order valence-electron chi connectivity index (χ2n) is 4.26. The number of anilines is 1. The van der Waals surface area contributed by atoms with Gasteiger partial charge in [0.25, 0.3) is 0 Å². The highest BCUT2D eigenvalue weighted by atomic mass is 127. The zero-order valence-electron chi connectivity index (χ0n) is 11.6. The number of guanidine groups is 1. The topological polar surface area (TPSA) is 27.6 Å². The molecule has 5 heteroatoms.